The Morgan fingerprint density at radius 3 is 2.43 bits per heavy atom. The van der Waals surface area contributed by atoms with Crippen molar-refractivity contribution in [3.63, 3.8) is 0 Å². The van der Waals surface area contributed by atoms with Crippen molar-refractivity contribution in [3.8, 4) is 0 Å². The number of fused-ring (bicyclic) bond motifs is 1. The van der Waals surface area contributed by atoms with Crippen molar-refractivity contribution in [3.05, 3.63) is 59.9 Å². The highest BCUT2D eigenvalue weighted by Gasteiger charge is 2.15. The van der Waals surface area contributed by atoms with E-state index in [9.17, 15) is 14.7 Å². The first-order valence-electron chi connectivity index (χ1n) is 6.22. The molecule has 6 nitrogen and oxygen atoms in total. The largest absolute Gasteiger partial charge is 0.478 e. The average Bonchev–Trinajstić information content (AvgIpc) is 3.00. The smallest absolute Gasteiger partial charge is 0.337 e. The number of hydrogen-bond acceptors (Lipinski definition) is 3. The second-order valence-corrected chi connectivity index (χ2v) is 4.47. The molecular formula is C15H11N3O3. The Kier molecular flexibility index (Phi) is 3.12. The number of rotatable bonds is 3. The predicted octanol–water partition coefficient (Wildman–Crippen LogP) is 2.51. The van der Waals surface area contributed by atoms with Crippen LogP contribution in [0, 0.1) is 0 Å². The van der Waals surface area contributed by atoms with Crippen molar-refractivity contribution < 1.29 is 14.7 Å². The molecule has 0 aliphatic heterocycles. The third-order valence-electron chi connectivity index (χ3n) is 3.11. The molecule has 0 aliphatic carbocycles. The number of benzene rings is 2. The summed E-state index contributed by atoms with van der Waals surface area (Å²) in [7, 11) is 0. The molecule has 0 atom stereocenters. The maximum absolute atomic E-state index is 12.0. The van der Waals surface area contributed by atoms with Gasteiger partial charge in [-0.3, -0.25) is 9.89 Å². The van der Waals surface area contributed by atoms with Crippen molar-refractivity contribution >= 4 is 28.3 Å². The lowest BCUT2D eigenvalue weighted by Gasteiger charge is -2.09. The second kappa shape index (κ2) is 5.09. The first-order valence-corrected chi connectivity index (χ1v) is 6.22. The van der Waals surface area contributed by atoms with E-state index >= 15 is 0 Å². The van der Waals surface area contributed by atoms with Gasteiger partial charge in [0.05, 0.1) is 11.3 Å². The number of carboxylic acids is 1. The third kappa shape index (κ3) is 2.46. The van der Waals surface area contributed by atoms with Crippen LogP contribution in [-0.4, -0.2) is 27.2 Å². The Morgan fingerprint density at radius 2 is 1.81 bits per heavy atom. The van der Waals surface area contributed by atoms with Crippen LogP contribution in [0.25, 0.3) is 10.8 Å². The van der Waals surface area contributed by atoms with Gasteiger partial charge in [0.2, 0.25) is 0 Å². The maximum Gasteiger partial charge on any atom is 0.337 e. The fraction of sp³-hybridized carbons (Fsp3) is 0. The van der Waals surface area contributed by atoms with Gasteiger partial charge in [0, 0.05) is 6.20 Å². The number of aromatic nitrogens is 2. The lowest BCUT2D eigenvalue weighted by Crippen LogP contribution is -2.15. The van der Waals surface area contributed by atoms with Gasteiger partial charge in [0.25, 0.3) is 5.91 Å². The molecule has 1 amide bonds. The molecule has 0 bridgehead atoms. The van der Waals surface area contributed by atoms with E-state index in [-0.39, 0.29) is 16.9 Å². The van der Waals surface area contributed by atoms with Gasteiger partial charge >= 0.3 is 5.97 Å². The molecule has 6 heteroatoms. The molecule has 0 unspecified atom stereocenters. The lowest BCUT2D eigenvalue weighted by molar-refractivity contribution is 0.0698. The van der Waals surface area contributed by atoms with E-state index in [1.54, 1.807) is 12.1 Å². The van der Waals surface area contributed by atoms with Gasteiger partial charge in [-0.25, -0.2) is 4.79 Å². The zero-order chi connectivity index (χ0) is 14.8. The van der Waals surface area contributed by atoms with Gasteiger partial charge in [0.1, 0.15) is 5.69 Å². The number of nitrogens with zero attached hydrogens (tertiary/aromatic N) is 1. The van der Waals surface area contributed by atoms with Crippen molar-refractivity contribution in [1.29, 1.82) is 0 Å². The van der Waals surface area contributed by atoms with E-state index in [2.05, 4.69) is 15.5 Å². The fourth-order valence-electron chi connectivity index (χ4n) is 2.09. The molecule has 1 aromatic heterocycles. The number of aromatic carboxylic acids is 1. The number of nitrogens with one attached hydrogen (secondary N) is 2. The summed E-state index contributed by atoms with van der Waals surface area (Å²) in [6.45, 7) is 0. The Bertz CT molecular complexity index is 825. The minimum Gasteiger partial charge on any atom is -0.478 e. The summed E-state index contributed by atoms with van der Waals surface area (Å²) in [6, 6.07) is 12.1. The van der Waals surface area contributed by atoms with Crippen LogP contribution >= 0.6 is 0 Å². The first kappa shape index (κ1) is 12.9. The highest BCUT2D eigenvalue weighted by Crippen LogP contribution is 2.24. The molecule has 3 aromatic rings. The molecule has 0 fully saturated rings. The molecular weight excluding hydrogens is 270 g/mol. The molecule has 0 radical (unpaired) electrons. The average molecular weight is 281 g/mol. The van der Waals surface area contributed by atoms with E-state index < -0.39 is 11.9 Å². The van der Waals surface area contributed by atoms with E-state index in [0.29, 0.717) is 0 Å². The van der Waals surface area contributed by atoms with Crippen molar-refractivity contribution in [1.82, 2.24) is 10.2 Å². The summed E-state index contributed by atoms with van der Waals surface area (Å²) >= 11 is 0. The molecule has 0 saturated heterocycles. The second-order valence-electron chi connectivity index (χ2n) is 4.47. The Balaban J connectivity index is 2.05. The first-order chi connectivity index (χ1) is 10.1. The molecule has 3 rings (SSSR count). The topological polar surface area (TPSA) is 95.1 Å². The van der Waals surface area contributed by atoms with Crippen LogP contribution in [0.2, 0.25) is 0 Å². The van der Waals surface area contributed by atoms with E-state index in [4.69, 9.17) is 0 Å². The normalized spacial score (nSPS) is 10.5. The minimum atomic E-state index is -1.10. The van der Waals surface area contributed by atoms with Gasteiger partial charge in [-0.05, 0) is 29.0 Å². The molecule has 0 spiro atoms. The lowest BCUT2D eigenvalue weighted by atomic mass is 10.0. The number of aromatic amines is 1. The Hall–Kier alpha value is -3.15. The summed E-state index contributed by atoms with van der Waals surface area (Å²) in [5.41, 5.74) is 0.557. The number of hydrogen-bond donors (Lipinski definition) is 3. The Morgan fingerprint density at radius 1 is 1.10 bits per heavy atom. The monoisotopic (exact) mass is 281 g/mol. The quantitative estimate of drug-likeness (QED) is 0.687. The van der Waals surface area contributed by atoms with Gasteiger partial charge in [-0.15, -0.1) is 0 Å². The van der Waals surface area contributed by atoms with Crippen LogP contribution in [-0.2, 0) is 0 Å². The molecule has 0 aliphatic rings. The fourth-order valence-corrected chi connectivity index (χ4v) is 2.09. The number of carbonyl (C=O) groups excluding carboxylic acids is 1. The van der Waals surface area contributed by atoms with Crippen LogP contribution in [0.3, 0.4) is 0 Å². The van der Waals surface area contributed by atoms with Gasteiger partial charge < -0.3 is 10.4 Å². The SMILES string of the molecule is O=C(Nc1cc2ccccc2cc1C(=O)O)c1ccn[nH]1. The van der Waals surface area contributed by atoms with E-state index in [1.807, 2.05) is 24.3 Å². The van der Waals surface area contributed by atoms with E-state index in [0.717, 1.165) is 10.8 Å². The molecule has 3 N–H and O–H groups in total. The highest BCUT2D eigenvalue weighted by molar-refractivity contribution is 6.09. The van der Waals surface area contributed by atoms with Crippen LogP contribution in [0.4, 0.5) is 5.69 Å². The van der Waals surface area contributed by atoms with Crippen LogP contribution in [0.1, 0.15) is 20.8 Å². The summed E-state index contributed by atoms with van der Waals surface area (Å²) in [5.74, 6) is -1.54. The zero-order valence-corrected chi connectivity index (χ0v) is 10.8. The molecule has 0 saturated carbocycles. The number of carbonyl (C=O) groups is 2. The van der Waals surface area contributed by atoms with Crippen LogP contribution in [0.15, 0.2) is 48.7 Å². The van der Waals surface area contributed by atoms with Crippen molar-refractivity contribution in [2.45, 2.75) is 0 Å². The standard InChI is InChI=1S/C15H11N3O3/c19-14(12-5-6-16-18-12)17-13-8-10-4-2-1-3-9(10)7-11(13)15(20)21/h1-8H,(H,16,18)(H,17,19)(H,20,21). The zero-order valence-electron chi connectivity index (χ0n) is 10.8. The summed E-state index contributed by atoms with van der Waals surface area (Å²) < 4.78 is 0. The maximum atomic E-state index is 12.0. The molecule has 104 valence electrons. The van der Waals surface area contributed by atoms with Crippen molar-refractivity contribution in [2.75, 3.05) is 5.32 Å². The molecule has 21 heavy (non-hydrogen) atoms. The molecule has 1 heterocycles. The molecule has 2 aromatic carbocycles. The van der Waals surface area contributed by atoms with Gasteiger partial charge in [0.15, 0.2) is 0 Å². The summed E-state index contributed by atoms with van der Waals surface area (Å²) in [4.78, 5) is 23.4. The van der Waals surface area contributed by atoms with E-state index in [1.165, 1.54) is 12.3 Å². The van der Waals surface area contributed by atoms with Gasteiger partial charge in [-0.1, -0.05) is 24.3 Å². The minimum absolute atomic E-state index is 0.0431. The summed E-state index contributed by atoms with van der Waals surface area (Å²) in [6.07, 6.45) is 1.45. The van der Waals surface area contributed by atoms with Crippen LogP contribution in [0.5, 0.6) is 0 Å². The third-order valence-corrected chi connectivity index (χ3v) is 3.11. The predicted molar refractivity (Wildman–Crippen MR) is 77.4 cm³/mol. The number of amides is 1. The Labute approximate surface area is 119 Å². The van der Waals surface area contributed by atoms with Crippen LogP contribution < -0.4 is 5.32 Å². The highest BCUT2D eigenvalue weighted by atomic mass is 16.4. The number of carboxylic acid groups (broad SMARTS) is 1. The number of anilines is 1. The van der Waals surface area contributed by atoms with Gasteiger partial charge in [-0.2, -0.15) is 5.10 Å². The number of H-pyrrole nitrogens is 1. The van der Waals surface area contributed by atoms with Crippen molar-refractivity contribution in [2.24, 2.45) is 0 Å². The summed E-state index contributed by atoms with van der Waals surface area (Å²) in [5, 5.41) is 19.8.